The summed E-state index contributed by atoms with van der Waals surface area (Å²) < 4.78 is 10.6. The monoisotopic (exact) mass is 469 g/mol. The minimum absolute atomic E-state index is 0.138. The van der Waals surface area contributed by atoms with Crippen LogP contribution in [-0.4, -0.2) is 42.9 Å². The minimum Gasteiger partial charge on any atom is -0.493 e. The molecule has 0 N–H and O–H groups in total. The van der Waals surface area contributed by atoms with E-state index in [2.05, 4.69) is 0 Å². The molecule has 176 valence electrons. The molecule has 1 unspecified atom stereocenters. The second-order valence-electron chi connectivity index (χ2n) is 7.93. The van der Waals surface area contributed by atoms with Gasteiger partial charge in [0.2, 0.25) is 5.91 Å². The van der Waals surface area contributed by atoms with Gasteiger partial charge < -0.3 is 14.4 Å². The molecule has 1 aliphatic heterocycles. The van der Waals surface area contributed by atoms with Gasteiger partial charge in [-0.25, -0.2) is 4.90 Å². The number of benzene rings is 3. The van der Waals surface area contributed by atoms with Crippen molar-refractivity contribution in [1.29, 1.82) is 5.26 Å². The summed E-state index contributed by atoms with van der Waals surface area (Å²) in [5.41, 5.74) is 1.90. The van der Waals surface area contributed by atoms with Gasteiger partial charge >= 0.3 is 0 Å². The van der Waals surface area contributed by atoms with Gasteiger partial charge in [0.1, 0.15) is 6.04 Å². The lowest BCUT2D eigenvalue weighted by Crippen LogP contribution is -2.45. The summed E-state index contributed by atoms with van der Waals surface area (Å²) in [6.45, 7) is 0.138. The topological polar surface area (TPSA) is 99.9 Å². The van der Waals surface area contributed by atoms with E-state index in [1.54, 1.807) is 42.5 Å². The third kappa shape index (κ3) is 4.70. The number of methoxy groups -OCH3 is 2. The van der Waals surface area contributed by atoms with Crippen LogP contribution in [0.1, 0.15) is 27.9 Å². The summed E-state index contributed by atoms with van der Waals surface area (Å²) in [5.74, 6) is -0.473. The minimum atomic E-state index is -0.987. The molecule has 8 heteroatoms. The predicted octanol–water partition coefficient (Wildman–Crippen LogP) is 3.55. The van der Waals surface area contributed by atoms with Gasteiger partial charge in [-0.3, -0.25) is 14.4 Å². The number of amides is 3. The normalized spacial score (nSPS) is 15.0. The second kappa shape index (κ2) is 10.1. The first-order valence-electron chi connectivity index (χ1n) is 10.9. The summed E-state index contributed by atoms with van der Waals surface area (Å²) in [6, 6.07) is 21.2. The Kier molecular flexibility index (Phi) is 6.78. The quantitative estimate of drug-likeness (QED) is 0.491. The Morgan fingerprint density at radius 2 is 1.69 bits per heavy atom. The number of imide groups is 1. The van der Waals surface area contributed by atoms with Gasteiger partial charge in [-0.1, -0.05) is 30.3 Å². The van der Waals surface area contributed by atoms with E-state index in [0.717, 1.165) is 10.5 Å². The van der Waals surface area contributed by atoms with E-state index in [1.807, 2.05) is 36.4 Å². The highest BCUT2D eigenvalue weighted by atomic mass is 16.5. The van der Waals surface area contributed by atoms with Gasteiger partial charge in [-0.15, -0.1) is 0 Å². The lowest BCUT2D eigenvalue weighted by Gasteiger charge is -2.28. The summed E-state index contributed by atoms with van der Waals surface area (Å²) in [4.78, 5) is 42.6. The molecule has 1 heterocycles. The molecule has 35 heavy (non-hydrogen) atoms. The number of carbonyl (C=O) groups excluding carboxylic acids is 3. The number of hydrogen-bond donors (Lipinski definition) is 0. The molecule has 1 saturated heterocycles. The Hall–Kier alpha value is -4.64. The van der Waals surface area contributed by atoms with Crippen LogP contribution in [-0.2, 0) is 16.1 Å². The van der Waals surface area contributed by atoms with E-state index in [9.17, 15) is 14.4 Å². The van der Waals surface area contributed by atoms with E-state index < -0.39 is 23.8 Å². The van der Waals surface area contributed by atoms with Gasteiger partial charge in [0.25, 0.3) is 11.8 Å². The average Bonchev–Trinajstić information content (AvgIpc) is 3.20. The van der Waals surface area contributed by atoms with Crippen LogP contribution in [0.5, 0.6) is 11.5 Å². The third-order valence-corrected chi connectivity index (χ3v) is 5.84. The van der Waals surface area contributed by atoms with Gasteiger partial charge in [0.15, 0.2) is 11.5 Å². The maximum absolute atomic E-state index is 13.7. The standard InChI is InChI=1S/C27H23N3O5/c1-34-23-13-10-20(14-24(23)35-2)26(32)29(17-19-6-4-3-5-7-19)22-15-25(31)30(27(22)33)21-11-8-18(16-28)9-12-21/h3-14,22H,15,17H2,1-2H3. The highest BCUT2D eigenvalue weighted by Gasteiger charge is 2.44. The zero-order chi connectivity index (χ0) is 24.9. The zero-order valence-electron chi connectivity index (χ0n) is 19.3. The first kappa shape index (κ1) is 23.5. The molecule has 8 nitrogen and oxygen atoms in total. The van der Waals surface area contributed by atoms with E-state index in [4.69, 9.17) is 14.7 Å². The fourth-order valence-electron chi connectivity index (χ4n) is 4.05. The number of carbonyl (C=O) groups is 3. The SMILES string of the molecule is COc1ccc(C(=O)N(Cc2ccccc2)C2CC(=O)N(c3ccc(C#N)cc3)C2=O)cc1OC. The van der Waals surface area contributed by atoms with Crippen molar-refractivity contribution in [1.82, 2.24) is 4.90 Å². The summed E-state index contributed by atoms with van der Waals surface area (Å²) in [7, 11) is 2.98. The Morgan fingerprint density at radius 1 is 1.00 bits per heavy atom. The third-order valence-electron chi connectivity index (χ3n) is 5.84. The van der Waals surface area contributed by atoms with Crippen LogP contribution in [0.15, 0.2) is 72.8 Å². The molecular weight excluding hydrogens is 446 g/mol. The summed E-state index contributed by atoms with van der Waals surface area (Å²) in [5, 5.41) is 9.03. The maximum Gasteiger partial charge on any atom is 0.257 e. The fourth-order valence-corrected chi connectivity index (χ4v) is 4.05. The fraction of sp³-hybridized carbons (Fsp3) is 0.185. The van der Waals surface area contributed by atoms with Crippen molar-refractivity contribution in [2.24, 2.45) is 0 Å². The van der Waals surface area contributed by atoms with Crippen molar-refractivity contribution >= 4 is 23.4 Å². The number of hydrogen-bond acceptors (Lipinski definition) is 6. The highest BCUT2D eigenvalue weighted by molar-refractivity contribution is 6.23. The van der Waals surface area contributed by atoms with E-state index in [1.165, 1.54) is 19.1 Å². The average molecular weight is 469 g/mol. The number of anilines is 1. The Morgan fingerprint density at radius 3 is 2.31 bits per heavy atom. The van der Waals surface area contributed by atoms with Gasteiger partial charge in [-0.2, -0.15) is 5.26 Å². The van der Waals surface area contributed by atoms with E-state index in [-0.39, 0.29) is 13.0 Å². The van der Waals surface area contributed by atoms with Crippen LogP contribution in [0.4, 0.5) is 5.69 Å². The number of ether oxygens (including phenoxy) is 2. The van der Waals surface area contributed by atoms with Crippen LogP contribution in [0.2, 0.25) is 0 Å². The van der Waals surface area contributed by atoms with Crippen LogP contribution >= 0.6 is 0 Å². The molecule has 0 aliphatic carbocycles. The molecule has 0 saturated carbocycles. The van der Waals surface area contributed by atoms with E-state index in [0.29, 0.717) is 28.3 Å². The maximum atomic E-state index is 13.7. The Bertz CT molecular complexity index is 1300. The summed E-state index contributed by atoms with van der Waals surface area (Å²) in [6.07, 6.45) is -0.148. The van der Waals surface area contributed by atoms with Crippen LogP contribution in [0.3, 0.4) is 0 Å². The van der Waals surface area contributed by atoms with Crippen LogP contribution in [0.25, 0.3) is 0 Å². The zero-order valence-corrected chi connectivity index (χ0v) is 19.3. The molecule has 4 rings (SSSR count). The number of nitrogens with zero attached hydrogens (tertiary/aromatic N) is 3. The number of rotatable bonds is 7. The van der Waals surface area contributed by atoms with Crippen LogP contribution < -0.4 is 14.4 Å². The van der Waals surface area contributed by atoms with E-state index >= 15 is 0 Å². The Labute approximate surface area is 202 Å². The van der Waals surface area contributed by atoms with Crippen LogP contribution in [0, 0.1) is 11.3 Å². The molecule has 1 aliphatic rings. The number of nitriles is 1. The molecule has 3 aromatic rings. The molecule has 0 spiro atoms. The second-order valence-corrected chi connectivity index (χ2v) is 7.93. The molecule has 0 aromatic heterocycles. The molecular formula is C27H23N3O5. The smallest absolute Gasteiger partial charge is 0.257 e. The molecule has 0 radical (unpaired) electrons. The molecule has 1 fully saturated rings. The predicted molar refractivity (Wildman–Crippen MR) is 128 cm³/mol. The van der Waals surface area contributed by atoms with Crippen molar-refractivity contribution in [2.75, 3.05) is 19.1 Å². The largest absolute Gasteiger partial charge is 0.493 e. The first-order chi connectivity index (χ1) is 17.0. The summed E-state index contributed by atoms with van der Waals surface area (Å²) >= 11 is 0. The highest BCUT2D eigenvalue weighted by Crippen LogP contribution is 2.31. The molecule has 3 amide bonds. The molecule has 3 aromatic carbocycles. The van der Waals surface area contributed by atoms with Gasteiger partial charge in [-0.05, 0) is 48.0 Å². The van der Waals surface area contributed by atoms with Crippen molar-refractivity contribution in [3.63, 3.8) is 0 Å². The Balaban J connectivity index is 1.70. The molecule has 0 bridgehead atoms. The van der Waals surface area contributed by atoms with Gasteiger partial charge in [0, 0.05) is 12.1 Å². The first-order valence-corrected chi connectivity index (χ1v) is 10.9. The lowest BCUT2D eigenvalue weighted by molar-refractivity contribution is -0.122. The van der Waals surface area contributed by atoms with Crippen molar-refractivity contribution in [3.8, 4) is 17.6 Å². The van der Waals surface area contributed by atoms with Gasteiger partial charge in [0.05, 0.1) is 38.0 Å². The van der Waals surface area contributed by atoms with Crippen molar-refractivity contribution in [2.45, 2.75) is 19.0 Å². The molecule has 1 atom stereocenters. The van der Waals surface area contributed by atoms with Crippen molar-refractivity contribution in [3.05, 3.63) is 89.5 Å². The lowest BCUT2D eigenvalue weighted by atomic mass is 10.1. The van der Waals surface area contributed by atoms with Crippen molar-refractivity contribution < 1.29 is 23.9 Å².